The molecule has 1 aromatic carbocycles. The van der Waals surface area contributed by atoms with Crippen molar-refractivity contribution in [1.29, 1.82) is 0 Å². The lowest BCUT2D eigenvalue weighted by atomic mass is 10.2. The van der Waals surface area contributed by atoms with Gasteiger partial charge in [0, 0.05) is 43.2 Å². The van der Waals surface area contributed by atoms with Crippen LogP contribution in [-0.2, 0) is 4.79 Å². The number of nitrogens with one attached hydrogen (secondary N) is 1. The van der Waals surface area contributed by atoms with Crippen molar-refractivity contribution in [3.8, 4) is 0 Å². The fraction of sp³-hybridized carbons (Fsp3) is 0.467. The van der Waals surface area contributed by atoms with Crippen LogP contribution in [0.1, 0.15) is 30.1 Å². The highest BCUT2D eigenvalue weighted by Crippen LogP contribution is 2.09. The monoisotopic (exact) mass is 311 g/mol. The molecule has 5 nitrogen and oxygen atoms in total. The van der Waals surface area contributed by atoms with Gasteiger partial charge in [-0.25, -0.2) is 0 Å². The first-order valence-electron chi connectivity index (χ1n) is 6.95. The van der Waals surface area contributed by atoms with Crippen LogP contribution in [0.25, 0.3) is 0 Å². The van der Waals surface area contributed by atoms with Crippen LogP contribution in [0.3, 0.4) is 0 Å². The van der Waals surface area contributed by atoms with Crippen molar-refractivity contribution < 1.29 is 9.59 Å². The lowest BCUT2D eigenvalue weighted by Crippen LogP contribution is -2.39. The maximum Gasteiger partial charge on any atom is 0.251 e. The summed E-state index contributed by atoms with van der Waals surface area (Å²) < 4.78 is 0. The van der Waals surface area contributed by atoms with Crippen LogP contribution in [0.15, 0.2) is 24.3 Å². The van der Waals surface area contributed by atoms with Gasteiger partial charge in [-0.3, -0.25) is 9.59 Å². The molecule has 0 fully saturated rings. The molecule has 6 heteroatoms. The first kappa shape index (κ1) is 17.5. The lowest BCUT2D eigenvalue weighted by molar-refractivity contribution is -0.131. The van der Waals surface area contributed by atoms with Crippen LogP contribution in [0.5, 0.6) is 0 Å². The summed E-state index contributed by atoms with van der Waals surface area (Å²) in [4.78, 5) is 25.3. The largest absolute Gasteiger partial charge is 0.352 e. The summed E-state index contributed by atoms with van der Waals surface area (Å²) in [5, 5.41) is 3.37. The van der Waals surface area contributed by atoms with Crippen molar-refractivity contribution in [2.75, 3.05) is 20.1 Å². The molecule has 1 aromatic rings. The molecule has 1 atom stereocenters. The number of carbonyl (C=O) groups is 2. The second-order valence-corrected chi connectivity index (χ2v) is 5.39. The molecule has 0 heterocycles. The van der Waals surface area contributed by atoms with Crippen LogP contribution in [0, 0.1) is 0 Å². The summed E-state index contributed by atoms with van der Waals surface area (Å²) in [5.41, 5.74) is 6.08. The van der Waals surface area contributed by atoms with Crippen molar-refractivity contribution in [2.24, 2.45) is 5.73 Å². The summed E-state index contributed by atoms with van der Waals surface area (Å²) in [6, 6.07) is 6.70. The Kier molecular flexibility index (Phi) is 7.19. The van der Waals surface area contributed by atoms with Gasteiger partial charge in [0.2, 0.25) is 5.91 Å². The molecule has 0 aliphatic rings. The first-order valence-corrected chi connectivity index (χ1v) is 7.33. The van der Waals surface area contributed by atoms with E-state index in [-0.39, 0.29) is 17.9 Å². The maximum absolute atomic E-state index is 11.8. The fourth-order valence-electron chi connectivity index (χ4n) is 1.73. The predicted octanol–water partition coefficient (Wildman–Crippen LogP) is 1.66. The molecule has 1 unspecified atom stereocenters. The van der Waals surface area contributed by atoms with Gasteiger partial charge in [-0.2, -0.15) is 0 Å². The minimum atomic E-state index is -0.164. The summed E-state index contributed by atoms with van der Waals surface area (Å²) in [6.45, 7) is 2.80. The molecule has 21 heavy (non-hydrogen) atoms. The van der Waals surface area contributed by atoms with Crippen LogP contribution >= 0.6 is 11.6 Å². The van der Waals surface area contributed by atoms with E-state index >= 15 is 0 Å². The molecule has 0 saturated carbocycles. The molecular weight excluding hydrogens is 290 g/mol. The Bertz CT molecular complexity index is 476. The quantitative estimate of drug-likeness (QED) is 0.752. The number of carbonyl (C=O) groups excluding carboxylic acids is 2. The highest BCUT2D eigenvalue weighted by atomic mass is 35.5. The number of rotatable bonds is 7. The van der Waals surface area contributed by atoms with Crippen LogP contribution in [0.2, 0.25) is 5.02 Å². The number of amides is 2. The Morgan fingerprint density at radius 2 is 1.95 bits per heavy atom. The number of nitrogens with two attached hydrogens (primary N) is 1. The Morgan fingerprint density at radius 1 is 1.33 bits per heavy atom. The Hall–Kier alpha value is -1.59. The molecular formula is C15H22ClN3O2. The zero-order chi connectivity index (χ0) is 15.8. The van der Waals surface area contributed by atoms with Gasteiger partial charge in [0.1, 0.15) is 0 Å². The van der Waals surface area contributed by atoms with Crippen molar-refractivity contribution in [3.63, 3.8) is 0 Å². The fourth-order valence-corrected chi connectivity index (χ4v) is 1.85. The number of benzene rings is 1. The topological polar surface area (TPSA) is 75.4 Å². The van der Waals surface area contributed by atoms with Crippen LogP contribution in [0.4, 0.5) is 0 Å². The number of hydrogen-bond acceptors (Lipinski definition) is 3. The van der Waals surface area contributed by atoms with Crippen molar-refractivity contribution in [2.45, 2.75) is 25.8 Å². The van der Waals surface area contributed by atoms with Crippen molar-refractivity contribution in [1.82, 2.24) is 10.2 Å². The molecule has 0 aromatic heterocycles. The van der Waals surface area contributed by atoms with Gasteiger partial charge in [-0.1, -0.05) is 11.6 Å². The second-order valence-electron chi connectivity index (χ2n) is 4.96. The third kappa shape index (κ3) is 5.73. The normalized spacial score (nSPS) is 11.8. The Morgan fingerprint density at radius 3 is 2.52 bits per heavy atom. The zero-order valence-corrected chi connectivity index (χ0v) is 13.2. The third-order valence-electron chi connectivity index (χ3n) is 3.36. The van der Waals surface area contributed by atoms with Gasteiger partial charge in [0.15, 0.2) is 0 Å². The minimum absolute atomic E-state index is 0.0289. The lowest BCUT2D eigenvalue weighted by Gasteiger charge is -2.23. The Balaban J connectivity index is 2.29. The van der Waals surface area contributed by atoms with Gasteiger partial charge in [0.25, 0.3) is 5.91 Å². The smallest absolute Gasteiger partial charge is 0.251 e. The molecule has 0 spiro atoms. The van der Waals surface area contributed by atoms with Crippen molar-refractivity contribution in [3.05, 3.63) is 34.9 Å². The molecule has 0 aliphatic heterocycles. The summed E-state index contributed by atoms with van der Waals surface area (Å²) in [5.74, 6) is -0.128. The summed E-state index contributed by atoms with van der Waals surface area (Å²) in [7, 11) is 1.74. The average Bonchev–Trinajstić information content (AvgIpc) is 2.50. The van der Waals surface area contributed by atoms with Gasteiger partial charge >= 0.3 is 0 Å². The average molecular weight is 312 g/mol. The SMILES string of the molecule is CC(CN)N(C)C(=O)CCCNC(=O)c1ccc(Cl)cc1. The molecule has 3 N–H and O–H groups in total. The van der Waals surface area contributed by atoms with Gasteiger partial charge in [-0.05, 0) is 37.6 Å². The van der Waals surface area contributed by atoms with Gasteiger partial charge in [0.05, 0.1) is 0 Å². The minimum Gasteiger partial charge on any atom is -0.352 e. The van der Waals surface area contributed by atoms with E-state index in [9.17, 15) is 9.59 Å². The molecule has 0 bridgehead atoms. The Labute approximate surface area is 130 Å². The highest BCUT2D eigenvalue weighted by Gasteiger charge is 2.13. The van der Waals surface area contributed by atoms with E-state index in [0.717, 1.165) is 0 Å². The molecule has 116 valence electrons. The predicted molar refractivity (Wildman–Crippen MR) is 84.3 cm³/mol. The number of likely N-dealkylation sites (N-methyl/N-ethyl adjacent to an activating group) is 1. The van der Waals surface area contributed by atoms with Crippen LogP contribution < -0.4 is 11.1 Å². The van der Waals surface area contributed by atoms with E-state index in [4.69, 9.17) is 17.3 Å². The number of hydrogen-bond donors (Lipinski definition) is 2. The third-order valence-corrected chi connectivity index (χ3v) is 3.61. The van der Waals surface area contributed by atoms with E-state index in [0.29, 0.717) is 36.5 Å². The van der Waals surface area contributed by atoms with Crippen LogP contribution in [-0.4, -0.2) is 42.9 Å². The van der Waals surface area contributed by atoms with E-state index in [1.807, 2.05) is 6.92 Å². The standard InChI is InChI=1S/C15H22ClN3O2/c1-11(10-17)19(2)14(20)4-3-9-18-15(21)12-5-7-13(16)8-6-12/h5-8,11H,3-4,9-10,17H2,1-2H3,(H,18,21). The van der Waals surface area contributed by atoms with E-state index in [1.165, 1.54) is 0 Å². The number of halogens is 1. The molecule has 2 amide bonds. The molecule has 1 rings (SSSR count). The van der Waals surface area contributed by atoms with Gasteiger partial charge in [-0.15, -0.1) is 0 Å². The van der Waals surface area contributed by atoms with Crippen molar-refractivity contribution >= 4 is 23.4 Å². The van der Waals surface area contributed by atoms with E-state index in [2.05, 4.69) is 5.32 Å². The zero-order valence-electron chi connectivity index (χ0n) is 12.4. The highest BCUT2D eigenvalue weighted by molar-refractivity contribution is 6.30. The first-order chi connectivity index (χ1) is 9.95. The van der Waals surface area contributed by atoms with E-state index in [1.54, 1.807) is 36.2 Å². The molecule has 0 saturated heterocycles. The maximum atomic E-state index is 11.8. The second kappa shape index (κ2) is 8.64. The van der Waals surface area contributed by atoms with Gasteiger partial charge < -0.3 is 16.0 Å². The summed E-state index contributed by atoms with van der Waals surface area (Å²) in [6.07, 6.45) is 0.988. The summed E-state index contributed by atoms with van der Waals surface area (Å²) >= 11 is 5.76. The molecule has 0 aliphatic carbocycles. The van der Waals surface area contributed by atoms with E-state index < -0.39 is 0 Å². The molecule has 0 radical (unpaired) electrons. The number of nitrogens with zero attached hydrogens (tertiary/aromatic N) is 1.